The smallest absolute Gasteiger partial charge is 0.417 e. The second kappa shape index (κ2) is 5.93. The third-order valence-corrected chi connectivity index (χ3v) is 3.15. The van der Waals surface area contributed by atoms with Gasteiger partial charge < -0.3 is 4.74 Å². The summed E-state index contributed by atoms with van der Waals surface area (Å²) >= 11 is 5.83. The summed E-state index contributed by atoms with van der Waals surface area (Å²) in [6.07, 6.45) is -3.77. The van der Waals surface area contributed by atoms with Crippen LogP contribution in [0.4, 0.5) is 13.2 Å². The molecule has 0 N–H and O–H groups in total. The molecule has 0 aliphatic heterocycles. The Hall–Kier alpha value is -1.75. The summed E-state index contributed by atoms with van der Waals surface area (Å²) in [5.41, 5.74) is 0.0206. The normalized spacial score (nSPS) is 11.8. The number of aromatic nitrogens is 1. The van der Waals surface area contributed by atoms with Gasteiger partial charge >= 0.3 is 6.18 Å². The Morgan fingerprint density at radius 3 is 2.43 bits per heavy atom. The van der Waals surface area contributed by atoms with Crippen molar-refractivity contribution >= 4 is 11.6 Å². The number of para-hydroxylation sites is 1. The van der Waals surface area contributed by atoms with E-state index in [1.54, 1.807) is 12.1 Å². The molecule has 0 atom stereocenters. The van der Waals surface area contributed by atoms with E-state index in [2.05, 4.69) is 4.98 Å². The monoisotopic (exact) mass is 315 g/mol. The van der Waals surface area contributed by atoms with Crippen LogP contribution in [-0.4, -0.2) is 4.98 Å². The van der Waals surface area contributed by atoms with Crippen LogP contribution in [0.5, 0.6) is 11.6 Å². The second-order valence-corrected chi connectivity index (χ2v) is 5.21. The largest absolute Gasteiger partial charge is 0.437 e. The van der Waals surface area contributed by atoms with Crippen molar-refractivity contribution in [2.45, 2.75) is 25.9 Å². The minimum atomic E-state index is -4.48. The van der Waals surface area contributed by atoms with Crippen LogP contribution < -0.4 is 4.74 Å². The highest BCUT2D eigenvalue weighted by Gasteiger charge is 2.31. The van der Waals surface area contributed by atoms with Gasteiger partial charge in [0.1, 0.15) is 10.8 Å². The van der Waals surface area contributed by atoms with Crippen LogP contribution in [0.2, 0.25) is 5.02 Å². The molecule has 0 saturated carbocycles. The minimum absolute atomic E-state index is 0.0437. The number of alkyl halides is 3. The molecule has 1 heterocycles. The molecule has 2 rings (SSSR count). The van der Waals surface area contributed by atoms with Gasteiger partial charge in [-0.1, -0.05) is 43.6 Å². The molecule has 2 aromatic rings. The summed E-state index contributed by atoms with van der Waals surface area (Å²) in [5, 5.41) is -0.177. The van der Waals surface area contributed by atoms with Crippen LogP contribution >= 0.6 is 11.6 Å². The highest BCUT2D eigenvalue weighted by atomic mass is 35.5. The lowest BCUT2D eigenvalue weighted by atomic mass is 10.0. The molecule has 0 saturated heterocycles. The second-order valence-electron chi connectivity index (χ2n) is 4.80. The molecule has 0 amide bonds. The first kappa shape index (κ1) is 15.6. The number of halogens is 4. The van der Waals surface area contributed by atoms with Crippen molar-refractivity contribution in [3.63, 3.8) is 0 Å². The maximum Gasteiger partial charge on any atom is 0.417 e. The number of rotatable bonds is 3. The fourth-order valence-electron chi connectivity index (χ4n) is 1.81. The Bertz CT molecular complexity index is 641. The summed E-state index contributed by atoms with van der Waals surface area (Å²) in [4.78, 5) is 3.67. The van der Waals surface area contributed by atoms with Crippen LogP contribution in [0, 0.1) is 0 Å². The molecule has 0 aliphatic carbocycles. The summed E-state index contributed by atoms with van der Waals surface area (Å²) in [6.45, 7) is 3.98. The van der Waals surface area contributed by atoms with Gasteiger partial charge in [0.25, 0.3) is 0 Å². The number of nitrogens with zero attached hydrogens (tertiary/aromatic N) is 1. The van der Waals surface area contributed by atoms with E-state index >= 15 is 0 Å². The zero-order chi connectivity index (χ0) is 15.6. The molecule has 1 aromatic carbocycles. The van der Waals surface area contributed by atoms with Crippen molar-refractivity contribution < 1.29 is 17.9 Å². The number of hydrogen-bond donors (Lipinski definition) is 0. The standard InChI is InChI=1S/C15H13ClF3NO/c1-9(2)11-5-3-4-6-13(11)21-14-12(16)7-10(8-20-14)15(17,18)19/h3-9H,1-2H3. The van der Waals surface area contributed by atoms with Gasteiger partial charge in [0.2, 0.25) is 5.88 Å². The molecule has 0 bridgehead atoms. The Labute approximate surface area is 125 Å². The number of pyridine rings is 1. The van der Waals surface area contributed by atoms with Crippen LogP contribution in [0.25, 0.3) is 0 Å². The molecule has 0 aliphatic rings. The predicted molar refractivity (Wildman–Crippen MR) is 74.9 cm³/mol. The van der Waals surface area contributed by atoms with Gasteiger partial charge in [-0.15, -0.1) is 0 Å². The van der Waals surface area contributed by atoms with Crippen molar-refractivity contribution in [2.24, 2.45) is 0 Å². The molecular weight excluding hydrogens is 303 g/mol. The zero-order valence-corrected chi connectivity index (χ0v) is 12.2. The number of benzene rings is 1. The van der Waals surface area contributed by atoms with Gasteiger partial charge in [0, 0.05) is 6.20 Å². The fourth-order valence-corrected chi connectivity index (χ4v) is 2.02. The fraction of sp³-hybridized carbons (Fsp3) is 0.267. The van der Waals surface area contributed by atoms with Gasteiger partial charge in [-0.2, -0.15) is 13.2 Å². The molecule has 6 heteroatoms. The average molecular weight is 316 g/mol. The molecule has 0 spiro atoms. The summed E-state index contributed by atoms with van der Waals surface area (Å²) in [7, 11) is 0. The molecule has 0 fully saturated rings. The maximum atomic E-state index is 12.6. The molecule has 0 radical (unpaired) electrons. The Kier molecular flexibility index (Phi) is 4.42. The highest BCUT2D eigenvalue weighted by molar-refractivity contribution is 6.31. The highest BCUT2D eigenvalue weighted by Crippen LogP contribution is 2.36. The topological polar surface area (TPSA) is 22.1 Å². The lowest BCUT2D eigenvalue weighted by Gasteiger charge is -2.14. The third-order valence-electron chi connectivity index (χ3n) is 2.88. The lowest BCUT2D eigenvalue weighted by molar-refractivity contribution is -0.137. The van der Waals surface area contributed by atoms with Gasteiger partial charge in [-0.05, 0) is 23.6 Å². The van der Waals surface area contributed by atoms with E-state index in [1.807, 2.05) is 26.0 Å². The van der Waals surface area contributed by atoms with E-state index in [9.17, 15) is 13.2 Å². The first-order valence-corrected chi connectivity index (χ1v) is 6.66. The van der Waals surface area contributed by atoms with Gasteiger partial charge in [-0.25, -0.2) is 4.98 Å². The molecule has 0 unspecified atom stereocenters. The Morgan fingerprint density at radius 1 is 1.19 bits per heavy atom. The summed E-state index contributed by atoms with van der Waals surface area (Å²) in [6, 6.07) is 8.06. The van der Waals surface area contributed by atoms with Crippen LogP contribution in [-0.2, 0) is 6.18 Å². The van der Waals surface area contributed by atoms with Gasteiger partial charge in [0.05, 0.1) is 5.56 Å². The van der Waals surface area contributed by atoms with E-state index in [0.29, 0.717) is 11.9 Å². The van der Waals surface area contributed by atoms with Crippen LogP contribution in [0.15, 0.2) is 36.5 Å². The van der Waals surface area contributed by atoms with Crippen LogP contribution in [0.1, 0.15) is 30.9 Å². The maximum absolute atomic E-state index is 12.6. The van der Waals surface area contributed by atoms with E-state index in [0.717, 1.165) is 11.6 Å². The first-order chi connectivity index (χ1) is 9.79. The number of hydrogen-bond acceptors (Lipinski definition) is 2. The summed E-state index contributed by atoms with van der Waals surface area (Å²) in [5.74, 6) is 0.689. The Balaban J connectivity index is 2.33. The molecule has 1 aromatic heterocycles. The third kappa shape index (κ3) is 3.67. The van der Waals surface area contributed by atoms with E-state index in [4.69, 9.17) is 16.3 Å². The van der Waals surface area contributed by atoms with E-state index < -0.39 is 11.7 Å². The van der Waals surface area contributed by atoms with Gasteiger partial charge in [0.15, 0.2) is 0 Å². The van der Waals surface area contributed by atoms with E-state index in [-0.39, 0.29) is 16.8 Å². The minimum Gasteiger partial charge on any atom is -0.437 e. The zero-order valence-electron chi connectivity index (χ0n) is 11.4. The number of ether oxygens (including phenoxy) is 1. The van der Waals surface area contributed by atoms with Crippen molar-refractivity contribution in [1.82, 2.24) is 4.98 Å². The predicted octanol–water partition coefficient (Wildman–Crippen LogP) is 5.67. The molecule has 112 valence electrons. The van der Waals surface area contributed by atoms with Crippen molar-refractivity contribution in [3.8, 4) is 11.6 Å². The van der Waals surface area contributed by atoms with Crippen molar-refractivity contribution in [3.05, 3.63) is 52.7 Å². The van der Waals surface area contributed by atoms with E-state index in [1.165, 1.54) is 0 Å². The van der Waals surface area contributed by atoms with Crippen molar-refractivity contribution in [2.75, 3.05) is 0 Å². The first-order valence-electron chi connectivity index (χ1n) is 6.28. The lowest BCUT2D eigenvalue weighted by Crippen LogP contribution is -2.06. The average Bonchev–Trinajstić information content (AvgIpc) is 2.40. The molecule has 21 heavy (non-hydrogen) atoms. The molecule has 2 nitrogen and oxygen atoms in total. The molecular formula is C15H13ClF3NO. The SMILES string of the molecule is CC(C)c1ccccc1Oc1ncc(C(F)(F)F)cc1Cl. The summed E-state index contributed by atoms with van der Waals surface area (Å²) < 4.78 is 43.2. The Morgan fingerprint density at radius 2 is 1.86 bits per heavy atom. The van der Waals surface area contributed by atoms with Crippen molar-refractivity contribution in [1.29, 1.82) is 0 Å². The van der Waals surface area contributed by atoms with Gasteiger partial charge in [-0.3, -0.25) is 0 Å². The quantitative estimate of drug-likeness (QED) is 0.728. The van der Waals surface area contributed by atoms with Crippen LogP contribution in [0.3, 0.4) is 0 Å².